The molecule has 3 N–H and O–H groups in total. The summed E-state index contributed by atoms with van der Waals surface area (Å²) in [6, 6.07) is 6.72. The molecule has 0 aliphatic carbocycles. The number of hydrogen-bond donors (Lipinski definition) is 3. The zero-order valence-electron chi connectivity index (χ0n) is 20.6. The van der Waals surface area contributed by atoms with Gasteiger partial charge in [-0.15, -0.1) is 0 Å². The van der Waals surface area contributed by atoms with E-state index in [-0.39, 0.29) is 36.6 Å². The number of carbonyl (C=O) groups is 2. The van der Waals surface area contributed by atoms with Gasteiger partial charge in [-0.2, -0.15) is 13.2 Å². The van der Waals surface area contributed by atoms with Crippen LogP contribution in [0.5, 0.6) is 5.75 Å². The second-order valence-electron chi connectivity index (χ2n) is 8.61. The number of ether oxygens (including phenoxy) is 2. The van der Waals surface area contributed by atoms with Crippen LogP contribution in [-0.2, 0) is 22.3 Å². The molecule has 0 bridgehead atoms. The topological polar surface area (TPSA) is 127 Å². The summed E-state index contributed by atoms with van der Waals surface area (Å²) in [6.07, 6.45) is -0.197. The molecule has 1 aliphatic rings. The summed E-state index contributed by atoms with van der Waals surface area (Å²) in [6.45, 7) is 2.01. The maximum absolute atomic E-state index is 13.5. The first-order chi connectivity index (χ1) is 18.1. The van der Waals surface area contributed by atoms with E-state index in [0.717, 1.165) is 6.07 Å². The van der Waals surface area contributed by atoms with Gasteiger partial charge in [-0.25, -0.2) is 9.97 Å². The first-order valence-corrected chi connectivity index (χ1v) is 11.5. The summed E-state index contributed by atoms with van der Waals surface area (Å²) in [7, 11) is 1.29. The van der Waals surface area contributed by atoms with Crippen LogP contribution in [0.1, 0.15) is 33.9 Å². The lowest BCUT2D eigenvalue weighted by molar-refractivity contribution is -0.137. The number of pyridine rings is 1. The highest BCUT2D eigenvalue weighted by atomic mass is 19.4. The molecule has 38 heavy (non-hydrogen) atoms. The Bertz CT molecular complexity index is 1290. The molecular weight excluding hydrogens is 505 g/mol. The highest BCUT2D eigenvalue weighted by Crippen LogP contribution is 2.38. The molecular formula is C25H25F3N6O4. The van der Waals surface area contributed by atoms with E-state index in [2.05, 4.69) is 30.9 Å². The van der Waals surface area contributed by atoms with Gasteiger partial charge in [0.15, 0.2) is 0 Å². The van der Waals surface area contributed by atoms with Crippen LogP contribution < -0.4 is 20.7 Å². The van der Waals surface area contributed by atoms with Gasteiger partial charge in [0.25, 0.3) is 5.91 Å². The van der Waals surface area contributed by atoms with Gasteiger partial charge in [0.1, 0.15) is 17.1 Å². The standard InChI is InChI=1S/C25H25F3N6O4/c1-15-29-10-16(11-30-15)22(35)34-24(7-8-38-14-24)23(36)32-12-17-3-4-18(13-31-17)33-21-6-5-19(37-2)9-20(21)25(26,27)28/h3-6,9-11,13,33H,7-8,12,14H2,1-2H3,(H,32,36)(H,34,35). The number of nitrogens with zero attached hydrogens (tertiary/aromatic N) is 3. The average Bonchev–Trinajstić information content (AvgIpc) is 3.37. The number of benzene rings is 1. The Morgan fingerprint density at radius 2 is 1.87 bits per heavy atom. The highest BCUT2D eigenvalue weighted by Gasteiger charge is 2.44. The minimum atomic E-state index is -4.59. The Morgan fingerprint density at radius 3 is 2.47 bits per heavy atom. The molecule has 4 rings (SSSR count). The van der Waals surface area contributed by atoms with Crippen LogP contribution in [-0.4, -0.2) is 52.6 Å². The molecule has 0 spiro atoms. The number of alkyl halides is 3. The van der Waals surface area contributed by atoms with Crippen LogP contribution in [0.2, 0.25) is 0 Å². The fraction of sp³-hybridized carbons (Fsp3) is 0.320. The third-order valence-electron chi connectivity index (χ3n) is 5.92. The normalized spacial score (nSPS) is 17.1. The number of aryl methyl sites for hydroxylation is 1. The van der Waals surface area contributed by atoms with Gasteiger partial charge < -0.3 is 25.4 Å². The Labute approximate surface area is 216 Å². The summed E-state index contributed by atoms with van der Waals surface area (Å²) in [5.41, 5.74) is -1.31. The van der Waals surface area contributed by atoms with Gasteiger partial charge in [0, 0.05) is 25.4 Å². The van der Waals surface area contributed by atoms with Crippen molar-refractivity contribution in [1.29, 1.82) is 0 Å². The smallest absolute Gasteiger partial charge is 0.418 e. The van der Waals surface area contributed by atoms with Crippen molar-refractivity contribution in [1.82, 2.24) is 25.6 Å². The summed E-state index contributed by atoms with van der Waals surface area (Å²) in [5.74, 6) is -0.359. The number of nitrogens with one attached hydrogen (secondary N) is 3. The number of anilines is 2. The number of halogens is 3. The Morgan fingerprint density at radius 1 is 1.11 bits per heavy atom. The van der Waals surface area contributed by atoms with Crippen molar-refractivity contribution in [3.8, 4) is 5.75 Å². The predicted octanol–water partition coefficient (Wildman–Crippen LogP) is 3.16. The van der Waals surface area contributed by atoms with Gasteiger partial charge in [-0.1, -0.05) is 0 Å². The number of carbonyl (C=O) groups excluding carboxylic acids is 2. The first-order valence-electron chi connectivity index (χ1n) is 11.5. The van der Waals surface area contributed by atoms with E-state index in [1.54, 1.807) is 19.1 Å². The third kappa shape index (κ3) is 6.17. The first kappa shape index (κ1) is 26.8. The van der Waals surface area contributed by atoms with Crippen molar-refractivity contribution >= 4 is 23.2 Å². The maximum atomic E-state index is 13.5. The molecule has 0 radical (unpaired) electrons. The molecule has 3 heterocycles. The summed E-state index contributed by atoms with van der Waals surface area (Å²) in [4.78, 5) is 38.0. The van der Waals surface area contributed by atoms with Crippen LogP contribution in [0.3, 0.4) is 0 Å². The number of rotatable bonds is 8. The summed E-state index contributed by atoms with van der Waals surface area (Å²) >= 11 is 0. The fourth-order valence-corrected chi connectivity index (χ4v) is 3.79. The van der Waals surface area contributed by atoms with E-state index in [1.807, 2.05) is 0 Å². The molecule has 1 unspecified atom stereocenters. The lowest BCUT2D eigenvalue weighted by atomic mass is 9.96. The lowest BCUT2D eigenvalue weighted by Gasteiger charge is -2.27. The summed E-state index contributed by atoms with van der Waals surface area (Å²) in [5, 5.41) is 8.20. The maximum Gasteiger partial charge on any atom is 0.418 e. The molecule has 10 nitrogen and oxygen atoms in total. The fourth-order valence-electron chi connectivity index (χ4n) is 3.79. The third-order valence-corrected chi connectivity index (χ3v) is 5.92. The van der Waals surface area contributed by atoms with Crippen molar-refractivity contribution in [2.45, 2.75) is 31.6 Å². The average molecular weight is 531 g/mol. The molecule has 13 heteroatoms. The molecule has 1 atom stereocenters. The number of hydrogen-bond acceptors (Lipinski definition) is 8. The second kappa shape index (κ2) is 11.0. The quantitative estimate of drug-likeness (QED) is 0.405. The van der Waals surface area contributed by atoms with Crippen LogP contribution in [0.25, 0.3) is 0 Å². The predicted molar refractivity (Wildman–Crippen MR) is 130 cm³/mol. The monoisotopic (exact) mass is 530 g/mol. The Hall–Kier alpha value is -4.26. The van der Waals surface area contributed by atoms with Crippen molar-refractivity contribution in [3.63, 3.8) is 0 Å². The molecule has 1 saturated heterocycles. The second-order valence-corrected chi connectivity index (χ2v) is 8.61. The highest BCUT2D eigenvalue weighted by molar-refractivity contribution is 5.99. The van der Waals surface area contributed by atoms with Crippen LogP contribution in [0.15, 0.2) is 48.9 Å². The van der Waals surface area contributed by atoms with Gasteiger partial charge >= 0.3 is 6.18 Å². The molecule has 3 aromatic rings. The molecule has 0 saturated carbocycles. The van der Waals surface area contributed by atoms with E-state index >= 15 is 0 Å². The lowest BCUT2D eigenvalue weighted by Crippen LogP contribution is -2.59. The van der Waals surface area contributed by atoms with Gasteiger partial charge in [0.05, 0.1) is 54.7 Å². The van der Waals surface area contributed by atoms with Crippen molar-refractivity contribution in [3.05, 3.63) is 71.6 Å². The van der Waals surface area contributed by atoms with Gasteiger partial charge in [-0.05, 0) is 37.3 Å². The molecule has 2 amide bonds. The van der Waals surface area contributed by atoms with E-state index in [0.29, 0.717) is 23.8 Å². The minimum Gasteiger partial charge on any atom is -0.497 e. The number of amides is 2. The minimum absolute atomic E-state index is 0.00300. The molecule has 1 aromatic carbocycles. The zero-order valence-corrected chi connectivity index (χ0v) is 20.6. The Kier molecular flexibility index (Phi) is 7.76. The van der Waals surface area contributed by atoms with E-state index in [1.165, 1.54) is 37.8 Å². The van der Waals surface area contributed by atoms with E-state index in [9.17, 15) is 22.8 Å². The number of methoxy groups -OCH3 is 1. The number of aromatic nitrogens is 3. The SMILES string of the molecule is COc1ccc(Nc2ccc(CNC(=O)C3(NC(=O)c4cnc(C)nc4)CCOC3)nc2)c(C(F)(F)F)c1. The largest absolute Gasteiger partial charge is 0.497 e. The van der Waals surface area contributed by atoms with Crippen molar-refractivity contribution < 1.29 is 32.2 Å². The molecule has 1 aliphatic heterocycles. The van der Waals surface area contributed by atoms with Crippen LogP contribution in [0.4, 0.5) is 24.5 Å². The van der Waals surface area contributed by atoms with Gasteiger partial charge in [-0.3, -0.25) is 14.6 Å². The zero-order chi connectivity index (χ0) is 27.3. The van der Waals surface area contributed by atoms with E-state index < -0.39 is 29.1 Å². The van der Waals surface area contributed by atoms with Crippen LogP contribution >= 0.6 is 0 Å². The van der Waals surface area contributed by atoms with Crippen molar-refractivity contribution in [2.75, 3.05) is 25.6 Å². The van der Waals surface area contributed by atoms with Crippen LogP contribution in [0, 0.1) is 6.92 Å². The molecule has 1 fully saturated rings. The van der Waals surface area contributed by atoms with E-state index in [4.69, 9.17) is 9.47 Å². The van der Waals surface area contributed by atoms with Crippen molar-refractivity contribution in [2.24, 2.45) is 0 Å². The summed E-state index contributed by atoms with van der Waals surface area (Å²) < 4.78 is 50.7. The Balaban J connectivity index is 1.40. The van der Waals surface area contributed by atoms with Gasteiger partial charge in [0.2, 0.25) is 5.91 Å². The molecule has 200 valence electrons. The molecule has 2 aromatic heterocycles.